The molecule has 0 unspecified atom stereocenters. The first-order valence-electron chi connectivity index (χ1n) is 4.50. The van der Waals surface area contributed by atoms with E-state index in [0.717, 1.165) is 24.8 Å². The van der Waals surface area contributed by atoms with E-state index in [1.54, 1.807) is 18.2 Å². The Labute approximate surface area is 78.4 Å². The van der Waals surface area contributed by atoms with Gasteiger partial charge < -0.3 is 5.11 Å². The van der Waals surface area contributed by atoms with E-state index in [4.69, 9.17) is 5.26 Å². The third-order valence-electron chi connectivity index (χ3n) is 2.01. The molecule has 2 nitrogen and oxygen atoms in total. The van der Waals surface area contributed by atoms with Gasteiger partial charge in [0.1, 0.15) is 5.75 Å². The molecule has 0 fully saturated rings. The molecule has 1 aromatic rings. The highest BCUT2D eigenvalue weighted by Gasteiger charge is 2.01. The summed E-state index contributed by atoms with van der Waals surface area (Å²) in [6.45, 7) is 2.10. The third kappa shape index (κ3) is 2.48. The summed E-state index contributed by atoms with van der Waals surface area (Å²) in [7, 11) is 0. The molecule has 0 bridgehead atoms. The summed E-state index contributed by atoms with van der Waals surface area (Å²) in [6.07, 6.45) is 2.98. The molecule has 0 amide bonds. The van der Waals surface area contributed by atoms with Crippen molar-refractivity contribution < 1.29 is 5.11 Å². The number of benzene rings is 1. The molecular formula is C11H13NO. The number of aryl methyl sites for hydroxylation is 1. The average Bonchev–Trinajstić information content (AvgIpc) is 2.17. The van der Waals surface area contributed by atoms with Crippen LogP contribution in [0.2, 0.25) is 0 Å². The maximum Gasteiger partial charge on any atom is 0.118 e. The Morgan fingerprint density at radius 2 is 2.23 bits per heavy atom. The van der Waals surface area contributed by atoms with Crippen molar-refractivity contribution in [2.45, 2.75) is 26.2 Å². The zero-order valence-corrected chi connectivity index (χ0v) is 7.75. The molecule has 0 atom stereocenters. The summed E-state index contributed by atoms with van der Waals surface area (Å²) < 4.78 is 0. The fourth-order valence-corrected chi connectivity index (χ4v) is 1.22. The number of nitrogens with zero attached hydrogens (tertiary/aromatic N) is 1. The second kappa shape index (κ2) is 4.51. The fraction of sp³-hybridized carbons (Fsp3) is 0.364. The van der Waals surface area contributed by atoms with Gasteiger partial charge in [-0.25, -0.2) is 0 Å². The van der Waals surface area contributed by atoms with Gasteiger partial charge in [0, 0.05) is 0 Å². The number of hydrogen-bond acceptors (Lipinski definition) is 2. The van der Waals surface area contributed by atoms with E-state index in [1.165, 1.54) is 0 Å². The van der Waals surface area contributed by atoms with E-state index < -0.39 is 0 Å². The van der Waals surface area contributed by atoms with Crippen LogP contribution in [0.15, 0.2) is 18.2 Å². The molecule has 2 heteroatoms. The Morgan fingerprint density at radius 3 is 2.85 bits per heavy atom. The Morgan fingerprint density at radius 1 is 1.46 bits per heavy atom. The number of hydrogen-bond donors (Lipinski definition) is 1. The van der Waals surface area contributed by atoms with Crippen LogP contribution in [-0.2, 0) is 6.42 Å². The predicted octanol–water partition coefficient (Wildman–Crippen LogP) is 2.61. The number of aromatic hydroxyl groups is 1. The molecule has 1 aromatic carbocycles. The normalized spacial score (nSPS) is 9.54. The van der Waals surface area contributed by atoms with Crippen molar-refractivity contribution >= 4 is 0 Å². The van der Waals surface area contributed by atoms with Crippen LogP contribution in [0.5, 0.6) is 5.75 Å². The molecule has 0 aliphatic rings. The molecule has 0 aliphatic heterocycles. The van der Waals surface area contributed by atoms with Gasteiger partial charge in [-0.1, -0.05) is 13.3 Å². The van der Waals surface area contributed by atoms with E-state index >= 15 is 0 Å². The Hall–Kier alpha value is -1.49. The minimum atomic E-state index is 0.299. The largest absolute Gasteiger partial charge is 0.508 e. The number of phenolic OH excluding ortho intramolecular Hbond substituents is 1. The van der Waals surface area contributed by atoms with Crippen molar-refractivity contribution in [3.8, 4) is 11.8 Å². The van der Waals surface area contributed by atoms with Crippen molar-refractivity contribution in [2.24, 2.45) is 0 Å². The van der Waals surface area contributed by atoms with Gasteiger partial charge in [-0.05, 0) is 36.6 Å². The van der Waals surface area contributed by atoms with Crippen LogP contribution in [0.3, 0.4) is 0 Å². The van der Waals surface area contributed by atoms with Crippen molar-refractivity contribution in [2.75, 3.05) is 0 Å². The van der Waals surface area contributed by atoms with Crippen molar-refractivity contribution in [1.29, 1.82) is 5.26 Å². The topological polar surface area (TPSA) is 44.0 Å². The summed E-state index contributed by atoms with van der Waals surface area (Å²) in [4.78, 5) is 0. The standard InChI is InChI=1S/C11H13NO/c1-2-3-4-10-7-9(8-12)5-6-11(10)13/h5-7,13H,2-4H2,1H3. The molecule has 1 N–H and O–H groups in total. The molecule has 0 radical (unpaired) electrons. The number of rotatable bonds is 3. The lowest BCUT2D eigenvalue weighted by molar-refractivity contribution is 0.467. The lowest BCUT2D eigenvalue weighted by Crippen LogP contribution is -1.87. The highest BCUT2D eigenvalue weighted by atomic mass is 16.3. The molecule has 68 valence electrons. The highest BCUT2D eigenvalue weighted by molar-refractivity contribution is 5.41. The zero-order valence-electron chi connectivity index (χ0n) is 7.75. The van der Waals surface area contributed by atoms with Gasteiger partial charge >= 0.3 is 0 Å². The lowest BCUT2D eigenvalue weighted by atomic mass is 10.0. The van der Waals surface area contributed by atoms with Gasteiger partial charge in [0.15, 0.2) is 0 Å². The van der Waals surface area contributed by atoms with Crippen molar-refractivity contribution in [3.63, 3.8) is 0 Å². The molecule has 0 saturated heterocycles. The zero-order chi connectivity index (χ0) is 9.68. The van der Waals surface area contributed by atoms with Crippen LogP contribution in [0, 0.1) is 11.3 Å². The van der Waals surface area contributed by atoms with Crippen LogP contribution in [0.25, 0.3) is 0 Å². The van der Waals surface area contributed by atoms with Crippen molar-refractivity contribution in [3.05, 3.63) is 29.3 Å². The molecule has 0 aromatic heterocycles. The summed E-state index contributed by atoms with van der Waals surface area (Å²) in [5, 5.41) is 18.1. The quantitative estimate of drug-likeness (QED) is 0.767. The van der Waals surface area contributed by atoms with E-state index in [1.807, 2.05) is 0 Å². The maximum absolute atomic E-state index is 9.45. The van der Waals surface area contributed by atoms with E-state index in [0.29, 0.717) is 11.3 Å². The molecule has 0 aliphatic carbocycles. The van der Waals surface area contributed by atoms with Gasteiger partial charge in [-0.2, -0.15) is 5.26 Å². The summed E-state index contributed by atoms with van der Waals surface area (Å²) in [6, 6.07) is 7.03. The second-order valence-electron chi connectivity index (χ2n) is 3.06. The summed E-state index contributed by atoms with van der Waals surface area (Å²) in [5.74, 6) is 0.299. The number of unbranched alkanes of at least 4 members (excludes halogenated alkanes) is 1. The van der Waals surface area contributed by atoms with Gasteiger partial charge in [0.25, 0.3) is 0 Å². The Balaban J connectivity index is 2.85. The van der Waals surface area contributed by atoms with Crippen LogP contribution >= 0.6 is 0 Å². The second-order valence-corrected chi connectivity index (χ2v) is 3.06. The van der Waals surface area contributed by atoms with Gasteiger partial charge in [0.05, 0.1) is 11.6 Å². The van der Waals surface area contributed by atoms with Crippen molar-refractivity contribution in [1.82, 2.24) is 0 Å². The van der Waals surface area contributed by atoms with Gasteiger partial charge in [0.2, 0.25) is 0 Å². The fourth-order valence-electron chi connectivity index (χ4n) is 1.22. The first kappa shape index (κ1) is 9.60. The monoisotopic (exact) mass is 175 g/mol. The van der Waals surface area contributed by atoms with E-state index in [2.05, 4.69) is 13.0 Å². The molecule has 0 spiro atoms. The number of phenols is 1. The smallest absolute Gasteiger partial charge is 0.118 e. The first-order valence-corrected chi connectivity index (χ1v) is 4.50. The predicted molar refractivity (Wildman–Crippen MR) is 51.4 cm³/mol. The molecule has 0 saturated carbocycles. The molecular weight excluding hydrogens is 162 g/mol. The van der Waals surface area contributed by atoms with Crippen LogP contribution in [-0.4, -0.2) is 5.11 Å². The van der Waals surface area contributed by atoms with Gasteiger partial charge in [-0.3, -0.25) is 0 Å². The van der Waals surface area contributed by atoms with Crippen LogP contribution in [0.4, 0.5) is 0 Å². The maximum atomic E-state index is 9.45. The summed E-state index contributed by atoms with van der Waals surface area (Å²) in [5.41, 5.74) is 1.49. The van der Waals surface area contributed by atoms with Gasteiger partial charge in [-0.15, -0.1) is 0 Å². The van der Waals surface area contributed by atoms with E-state index in [9.17, 15) is 5.11 Å². The summed E-state index contributed by atoms with van der Waals surface area (Å²) >= 11 is 0. The molecule has 13 heavy (non-hydrogen) atoms. The highest BCUT2D eigenvalue weighted by Crippen LogP contribution is 2.20. The van der Waals surface area contributed by atoms with E-state index in [-0.39, 0.29) is 0 Å². The minimum absolute atomic E-state index is 0.299. The first-order chi connectivity index (χ1) is 6.27. The minimum Gasteiger partial charge on any atom is -0.508 e. The SMILES string of the molecule is CCCCc1cc(C#N)ccc1O. The van der Waals surface area contributed by atoms with Crippen LogP contribution < -0.4 is 0 Å². The van der Waals surface area contributed by atoms with Crippen LogP contribution in [0.1, 0.15) is 30.9 Å². The molecule has 0 heterocycles. The molecule has 1 rings (SSSR count). The lowest BCUT2D eigenvalue weighted by Gasteiger charge is -2.03. The number of nitriles is 1. The Bertz CT molecular complexity index is 325. The average molecular weight is 175 g/mol. The Kier molecular flexibility index (Phi) is 3.33. The third-order valence-corrected chi connectivity index (χ3v) is 2.01.